The van der Waals surface area contributed by atoms with Crippen molar-refractivity contribution < 1.29 is 14.3 Å². The van der Waals surface area contributed by atoms with Crippen LogP contribution >= 0.6 is 11.3 Å². The first-order chi connectivity index (χ1) is 14.6. The first-order valence-electron chi connectivity index (χ1n) is 10.3. The van der Waals surface area contributed by atoms with Gasteiger partial charge in [0.25, 0.3) is 5.91 Å². The van der Waals surface area contributed by atoms with Gasteiger partial charge in [0.15, 0.2) is 12.3 Å². The van der Waals surface area contributed by atoms with Crippen molar-refractivity contribution in [2.45, 2.75) is 38.6 Å². The number of nitrogens with one attached hydrogen (secondary N) is 1. The van der Waals surface area contributed by atoms with Crippen LogP contribution in [-0.2, 0) is 9.53 Å². The fourth-order valence-corrected chi connectivity index (χ4v) is 4.50. The largest absolute Gasteiger partial charge is 0.451 e. The minimum atomic E-state index is -0.569. The summed E-state index contributed by atoms with van der Waals surface area (Å²) in [6.07, 6.45) is 4.42. The van der Waals surface area contributed by atoms with E-state index < -0.39 is 5.97 Å². The summed E-state index contributed by atoms with van der Waals surface area (Å²) in [5.74, 6) is -0.376. The number of ether oxygens (including phenoxy) is 1. The van der Waals surface area contributed by atoms with Crippen molar-refractivity contribution in [3.63, 3.8) is 0 Å². The average molecular weight is 424 g/mol. The van der Waals surface area contributed by atoms with E-state index in [1.165, 1.54) is 6.42 Å². The summed E-state index contributed by atoms with van der Waals surface area (Å²) in [7, 11) is 0. The molecule has 1 saturated carbocycles. The van der Waals surface area contributed by atoms with Crippen molar-refractivity contribution >= 4 is 23.2 Å². The minimum Gasteiger partial charge on any atom is -0.451 e. The predicted octanol–water partition coefficient (Wildman–Crippen LogP) is 4.45. The average Bonchev–Trinajstić information content (AvgIpc) is 3.44. The lowest BCUT2D eigenvalue weighted by molar-refractivity contribution is -0.125. The minimum absolute atomic E-state index is 0.158. The smallest absolute Gasteiger partial charge is 0.357 e. The number of hydrogen-bond donors (Lipinski definition) is 1. The van der Waals surface area contributed by atoms with Crippen LogP contribution < -0.4 is 5.32 Å². The van der Waals surface area contributed by atoms with E-state index >= 15 is 0 Å². The Labute approximate surface area is 179 Å². The van der Waals surface area contributed by atoms with Crippen molar-refractivity contribution in [1.82, 2.24) is 15.1 Å². The van der Waals surface area contributed by atoms with Gasteiger partial charge in [0.2, 0.25) is 0 Å². The standard InChI is InChI=1S/C23H25N3O3S/c1-16-8-5-6-11-18(16)24-22(27)15-29-23(28)20-14-19(21-12-7-13-30-21)25-26(20)17-9-3-2-4-10-17/h2-4,7,9-10,12-14,16,18H,5-6,8,11,15H2,1H3,(H,24,27)/t16-,18-/m1/s1. The Balaban J connectivity index is 1.48. The highest BCUT2D eigenvalue weighted by molar-refractivity contribution is 7.13. The Morgan fingerprint density at radius 1 is 1.17 bits per heavy atom. The highest BCUT2D eigenvalue weighted by atomic mass is 32.1. The Bertz CT molecular complexity index is 998. The molecular weight excluding hydrogens is 398 g/mol. The molecule has 2 atom stereocenters. The molecule has 4 rings (SSSR count). The van der Waals surface area contributed by atoms with Gasteiger partial charge in [0.05, 0.1) is 10.6 Å². The van der Waals surface area contributed by atoms with Crippen molar-refractivity contribution in [1.29, 1.82) is 0 Å². The van der Waals surface area contributed by atoms with Gasteiger partial charge in [-0.3, -0.25) is 4.79 Å². The molecule has 1 fully saturated rings. The number of carbonyl (C=O) groups excluding carboxylic acids is 2. The highest BCUT2D eigenvalue weighted by Crippen LogP contribution is 2.26. The molecule has 1 aromatic carbocycles. The monoisotopic (exact) mass is 423 g/mol. The third-order valence-electron chi connectivity index (χ3n) is 5.49. The van der Waals surface area contributed by atoms with E-state index in [2.05, 4.69) is 17.3 Å². The highest BCUT2D eigenvalue weighted by Gasteiger charge is 2.24. The molecule has 0 aliphatic heterocycles. The molecule has 0 unspecified atom stereocenters. The molecule has 6 nitrogen and oxygen atoms in total. The van der Waals surface area contributed by atoms with E-state index in [0.29, 0.717) is 17.3 Å². The van der Waals surface area contributed by atoms with Gasteiger partial charge in [-0.2, -0.15) is 5.10 Å². The lowest BCUT2D eigenvalue weighted by Gasteiger charge is -2.29. The number of aromatic nitrogens is 2. The molecule has 156 valence electrons. The Morgan fingerprint density at radius 3 is 2.70 bits per heavy atom. The van der Waals surface area contributed by atoms with Crippen molar-refractivity contribution in [3.05, 3.63) is 59.6 Å². The van der Waals surface area contributed by atoms with Crippen LogP contribution in [0.15, 0.2) is 53.9 Å². The maximum atomic E-state index is 12.8. The van der Waals surface area contributed by atoms with E-state index in [0.717, 1.165) is 29.8 Å². The third-order valence-corrected chi connectivity index (χ3v) is 6.38. The Hall–Kier alpha value is -2.93. The lowest BCUT2D eigenvalue weighted by atomic mass is 9.86. The van der Waals surface area contributed by atoms with Crippen molar-refractivity contribution in [2.75, 3.05) is 6.61 Å². The van der Waals surface area contributed by atoms with Crippen LogP contribution in [0, 0.1) is 5.92 Å². The van der Waals surface area contributed by atoms with Crippen LogP contribution in [0.2, 0.25) is 0 Å². The number of thiophene rings is 1. The molecule has 1 amide bonds. The fourth-order valence-electron chi connectivity index (χ4n) is 3.82. The molecule has 7 heteroatoms. The second kappa shape index (κ2) is 9.26. The number of rotatable bonds is 6. The molecule has 0 bridgehead atoms. The predicted molar refractivity (Wildman–Crippen MR) is 117 cm³/mol. The normalized spacial score (nSPS) is 18.7. The second-order valence-electron chi connectivity index (χ2n) is 7.65. The zero-order valence-electron chi connectivity index (χ0n) is 16.9. The van der Waals surface area contributed by atoms with Gasteiger partial charge in [-0.25, -0.2) is 9.48 Å². The van der Waals surface area contributed by atoms with Gasteiger partial charge in [0.1, 0.15) is 5.69 Å². The van der Waals surface area contributed by atoms with Crippen molar-refractivity contribution in [3.8, 4) is 16.3 Å². The van der Waals surface area contributed by atoms with Gasteiger partial charge >= 0.3 is 5.97 Å². The lowest BCUT2D eigenvalue weighted by Crippen LogP contribution is -2.42. The first kappa shape index (κ1) is 20.3. The topological polar surface area (TPSA) is 73.2 Å². The van der Waals surface area contributed by atoms with Gasteiger partial charge in [-0.05, 0) is 42.3 Å². The first-order valence-corrected chi connectivity index (χ1v) is 11.2. The van der Waals surface area contributed by atoms with Gasteiger partial charge in [-0.1, -0.05) is 44.0 Å². The van der Waals surface area contributed by atoms with E-state index in [1.807, 2.05) is 47.8 Å². The van der Waals surface area contributed by atoms with E-state index in [-0.39, 0.29) is 18.6 Å². The summed E-state index contributed by atoms with van der Waals surface area (Å²) in [4.78, 5) is 26.1. The van der Waals surface area contributed by atoms with E-state index in [1.54, 1.807) is 22.1 Å². The third kappa shape index (κ3) is 4.62. The Kier molecular flexibility index (Phi) is 6.28. The molecule has 1 N–H and O–H groups in total. The number of benzene rings is 1. The van der Waals surface area contributed by atoms with Gasteiger partial charge < -0.3 is 10.1 Å². The number of nitrogens with zero attached hydrogens (tertiary/aromatic N) is 2. The van der Waals surface area contributed by atoms with E-state index in [4.69, 9.17) is 4.74 Å². The second-order valence-corrected chi connectivity index (χ2v) is 8.60. The number of para-hydroxylation sites is 1. The summed E-state index contributed by atoms with van der Waals surface area (Å²) < 4.78 is 6.92. The van der Waals surface area contributed by atoms with Crippen molar-refractivity contribution in [2.24, 2.45) is 5.92 Å². The summed E-state index contributed by atoms with van der Waals surface area (Å²) in [5.41, 5.74) is 1.75. The maximum Gasteiger partial charge on any atom is 0.357 e. The van der Waals surface area contributed by atoms with Gasteiger partial charge in [0, 0.05) is 12.1 Å². The molecule has 0 radical (unpaired) electrons. The van der Waals surface area contributed by atoms with Crippen LogP contribution in [0.1, 0.15) is 43.1 Å². The molecule has 0 spiro atoms. The quantitative estimate of drug-likeness (QED) is 0.595. The summed E-state index contributed by atoms with van der Waals surface area (Å²) in [6, 6.07) is 15.2. The summed E-state index contributed by atoms with van der Waals surface area (Å²) in [6.45, 7) is 1.86. The molecule has 0 saturated heterocycles. The Morgan fingerprint density at radius 2 is 1.97 bits per heavy atom. The molecule has 30 heavy (non-hydrogen) atoms. The van der Waals surface area contributed by atoms with E-state index in [9.17, 15) is 9.59 Å². The van der Waals surface area contributed by atoms with Crippen LogP contribution in [0.25, 0.3) is 16.3 Å². The number of carbonyl (C=O) groups is 2. The molecule has 2 heterocycles. The molecule has 1 aliphatic carbocycles. The van der Waals surface area contributed by atoms with Crippen LogP contribution in [0.3, 0.4) is 0 Å². The van der Waals surface area contributed by atoms with Crippen LogP contribution in [0.4, 0.5) is 0 Å². The SMILES string of the molecule is C[C@@H]1CCCC[C@H]1NC(=O)COC(=O)c1cc(-c2cccs2)nn1-c1ccccc1. The molecule has 2 aromatic heterocycles. The molecular formula is C23H25N3O3S. The zero-order chi connectivity index (χ0) is 20.9. The van der Waals surface area contributed by atoms with Gasteiger partial charge in [-0.15, -0.1) is 11.3 Å². The summed E-state index contributed by atoms with van der Waals surface area (Å²) in [5, 5.41) is 9.58. The number of esters is 1. The zero-order valence-corrected chi connectivity index (χ0v) is 17.7. The van der Waals surface area contributed by atoms with Crippen LogP contribution in [0.5, 0.6) is 0 Å². The fraction of sp³-hybridized carbons (Fsp3) is 0.348. The number of amides is 1. The molecule has 1 aliphatic rings. The number of hydrogen-bond acceptors (Lipinski definition) is 5. The summed E-state index contributed by atoms with van der Waals surface area (Å²) >= 11 is 1.55. The van der Waals surface area contributed by atoms with Crippen LogP contribution in [-0.4, -0.2) is 34.3 Å². The molecule has 3 aromatic rings. The maximum absolute atomic E-state index is 12.8.